The Labute approximate surface area is 110 Å². The van der Waals surface area contributed by atoms with E-state index >= 15 is 0 Å². The lowest BCUT2D eigenvalue weighted by Crippen LogP contribution is -2.39. The number of carbonyl (C=O) groups is 2. The van der Waals surface area contributed by atoms with Gasteiger partial charge in [0.2, 0.25) is 11.8 Å². The second-order valence-electron chi connectivity index (χ2n) is 4.10. The minimum atomic E-state index is -0.166. The zero-order valence-corrected chi connectivity index (χ0v) is 11.3. The van der Waals surface area contributed by atoms with Crippen molar-refractivity contribution in [1.82, 2.24) is 5.32 Å². The topological polar surface area (TPSA) is 46.2 Å². The van der Waals surface area contributed by atoms with Gasteiger partial charge in [0, 0.05) is 7.85 Å². The Kier molecular flexibility index (Phi) is 5.56. The fourth-order valence-corrected chi connectivity index (χ4v) is 2.00. The largest absolute Gasteiger partial charge is 0.296 e. The van der Waals surface area contributed by atoms with Crippen LogP contribution in [0.4, 0.5) is 0 Å². The van der Waals surface area contributed by atoms with E-state index in [0.717, 1.165) is 12.0 Å². The summed E-state index contributed by atoms with van der Waals surface area (Å²) < 4.78 is 0. The van der Waals surface area contributed by atoms with Gasteiger partial charge in [-0.2, -0.15) is 0 Å². The first-order valence-electron chi connectivity index (χ1n) is 6.63. The molecule has 1 saturated heterocycles. The van der Waals surface area contributed by atoms with Crippen molar-refractivity contribution in [3.05, 3.63) is 35.4 Å². The number of benzene rings is 1. The van der Waals surface area contributed by atoms with Crippen LogP contribution in [-0.4, -0.2) is 11.8 Å². The van der Waals surface area contributed by atoms with E-state index in [1.165, 1.54) is 5.56 Å². The normalized spacial score (nSPS) is 18.7. The van der Waals surface area contributed by atoms with Crippen molar-refractivity contribution in [3.8, 4) is 0 Å². The number of amides is 2. The van der Waals surface area contributed by atoms with Crippen LogP contribution in [0.3, 0.4) is 0 Å². The maximum Gasteiger partial charge on any atom is 0.234 e. The standard InChI is InChI=1S/C13H15NO2.C2H6.H2/c1-2-9-3-5-10(6-4-9)11-7-8-12(15)14-13(11)16;1-2;/h3-6,11H,2,7-8H2,1H3,(H,14,15,16);1-2H3;1H. The van der Waals surface area contributed by atoms with E-state index in [1.807, 2.05) is 38.1 Å². The number of nitrogens with one attached hydrogen (secondary N) is 1. The molecule has 18 heavy (non-hydrogen) atoms. The first kappa shape index (κ1) is 14.4. The van der Waals surface area contributed by atoms with Gasteiger partial charge in [-0.15, -0.1) is 0 Å². The Balaban J connectivity index is 0.00000103. The summed E-state index contributed by atoms with van der Waals surface area (Å²) in [5, 5.41) is 2.38. The number of aryl methyl sites for hydroxylation is 1. The van der Waals surface area contributed by atoms with E-state index < -0.39 is 0 Å². The van der Waals surface area contributed by atoms with E-state index in [4.69, 9.17) is 0 Å². The molecule has 0 radical (unpaired) electrons. The quantitative estimate of drug-likeness (QED) is 0.819. The molecule has 2 rings (SSSR count). The van der Waals surface area contributed by atoms with Gasteiger partial charge in [0.25, 0.3) is 0 Å². The van der Waals surface area contributed by atoms with Crippen molar-refractivity contribution in [1.29, 1.82) is 0 Å². The van der Waals surface area contributed by atoms with Gasteiger partial charge in [0.15, 0.2) is 0 Å². The van der Waals surface area contributed by atoms with Gasteiger partial charge in [-0.1, -0.05) is 45.0 Å². The Hall–Kier alpha value is -1.64. The van der Waals surface area contributed by atoms with Crippen LogP contribution < -0.4 is 5.32 Å². The lowest BCUT2D eigenvalue weighted by molar-refractivity contribution is -0.134. The molecule has 1 fully saturated rings. The molecule has 1 N–H and O–H groups in total. The number of hydrogen-bond acceptors (Lipinski definition) is 2. The molecule has 0 bridgehead atoms. The van der Waals surface area contributed by atoms with Gasteiger partial charge in [0.1, 0.15) is 0 Å². The summed E-state index contributed by atoms with van der Waals surface area (Å²) in [6, 6.07) is 8.05. The van der Waals surface area contributed by atoms with Crippen LogP contribution in [-0.2, 0) is 16.0 Å². The van der Waals surface area contributed by atoms with Gasteiger partial charge in [-0.25, -0.2) is 0 Å². The first-order valence-corrected chi connectivity index (χ1v) is 6.63. The average Bonchev–Trinajstić information content (AvgIpc) is 2.41. The van der Waals surface area contributed by atoms with Crippen molar-refractivity contribution in [3.63, 3.8) is 0 Å². The maximum absolute atomic E-state index is 11.6. The minimum Gasteiger partial charge on any atom is -0.296 e. The number of rotatable bonds is 2. The first-order chi connectivity index (χ1) is 8.70. The molecule has 1 atom stereocenters. The van der Waals surface area contributed by atoms with Crippen LogP contribution in [0, 0.1) is 0 Å². The fourth-order valence-electron chi connectivity index (χ4n) is 2.00. The summed E-state index contributed by atoms with van der Waals surface area (Å²) in [5.41, 5.74) is 2.26. The third-order valence-corrected chi connectivity index (χ3v) is 3.03. The van der Waals surface area contributed by atoms with Crippen LogP contribution >= 0.6 is 0 Å². The van der Waals surface area contributed by atoms with Crippen LogP contribution in [0.5, 0.6) is 0 Å². The Bertz CT molecular complexity index is 415. The summed E-state index contributed by atoms with van der Waals surface area (Å²) in [5.74, 6) is -0.490. The molecule has 0 aliphatic carbocycles. The lowest BCUT2D eigenvalue weighted by atomic mass is 9.90. The van der Waals surface area contributed by atoms with Crippen molar-refractivity contribution in [2.24, 2.45) is 0 Å². The summed E-state index contributed by atoms with van der Waals surface area (Å²) in [6.45, 7) is 6.10. The average molecular weight is 249 g/mol. The highest BCUT2D eigenvalue weighted by molar-refractivity contribution is 6.00. The SMILES string of the molecule is CC.CCc1ccc(C2CCC(=O)NC2=O)cc1.[HH]. The number of carbonyl (C=O) groups excluding carboxylic acids is 2. The molecule has 1 heterocycles. The smallest absolute Gasteiger partial charge is 0.234 e. The van der Waals surface area contributed by atoms with Crippen LogP contribution in [0.15, 0.2) is 24.3 Å². The van der Waals surface area contributed by atoms with Crippen molar-refractivity contribution in [2.75, 3.05) is 0 Å². The molecule has 0 saturated carbocycles. The number of piperidine rings is 1. The molecule has 3 heteroatoms. The molecule has 1 aliphatic rings. The third kappa shape index (κ3) is 3.42. The Morgan fingerprint density at radius 3 is 2.33 bits per heavy atom. The molecule has 2 amide bonds. The fraction of sp³-hybridized carbons (Fsp3) is 0.467. The van der Waals surface area contributed by atoms with Crippen molar-refractivity contribution < 1.29 is 11.0 Å². The molecule has 100 valence electrons. The Morgan fingerprint density at radius 1 is 1.22 bits per heavy atom. The van der Waals surface area contributed by atoms with E-state index in [0.29, 0.717) is 12.8 Å². The molecule has 0 aromatic heterocycles. The number of imide groups is 1. The molecule has 3 nitrogen and oxygen atoms in total. The highest BCUT2D eigenvalue weighted by atomic mass is 16.2. The molecule has 1 aliphatic heterocycles. The van der Waals surface area contributed by atoms with Crippen molar-refractivity contribution in [2.45, 2.75) is 46.0 Å². The van der Waals surface area contributed by atoms with Gasteiger partial charge in [-0.3, -0.25) is 14.9 Å². The highest BCUT2D eigenvalue weighted by Gasteiger charge is 2.27. The Morgan fingerprint density at radius 2 is 1.83 bits per heavy atom. The predicted molar refractivity (Wildman–Crippen MR) is 74.4 cm³/mol. The van der Waals surface area contributed by atoms with Gasteiger partial charge in [0.05, 0.1) is 5.92 Å². The summed E-state index contributed by atoms with van der Waals surface area (Å²) >= 11 is 0. The zero-order chi connectivity index (χ0) is 13.5. The second-order valence-corrected chi connectivity index (χ2v) is 4.10. The third-order valence-electron chi connectivity index (χ3n) is 3.03. The van der Waals surface area contributed by atoms with E-state index in [-0.39, 0.29) is 19.2 Å². The van der Waals surface area contributed by atoms with Gasteiger partial charge in [-0.05, 0) is 24.0 Å². The molecule has 1 unspecified atom stereocenters. The van der Waals surface area contributed by atoms with Gasteiger partial charge >= 0.3 is 0 Å². The summed E-state index contributed by atoms with van der Waals surface area (Å²) in [6.07, 6.45) is 2.05. The molecule has 1 aromatic carbocycles. The highest BCUT2D eigenvalue weighted by Crippen LogP contribution is 2.24. The zero-order valence-electron chi connectivity index (χ0n) is 11.3. The molecule has 1 aromatic rings. The second kappa shape index (κ2) is 6.94. The predicted octanol–water partition coefficient (Wildman–Crippen LogP) is 3.04. The summed E-state index contributed by atoms with van der Waals surface area (Å²) in [7, 11) is 0. The van der Waals surface area contributed by atoms with Crippen molar-refractivity contribution >= 4 is 11.8 Å². The van der Waals surface area contributed by atoms with E-state index in [2.05, 4.69) is 12.2 Å². The van der Waals surface area contributed by atoms with Crippen LogP contribution in [0.1, 0.15) is 52.1 Å². The van der Waals surface area contributed by atoms with E-state index in [1.54, 1.807) is 0 Å². The van der Waals surface area contributed by atoms with Crippen LogP contribution in [0.2, 0.25) is 0 Å². The minimum absolute atomic E-state index is 0. The summed E-state index contributed by atoms with van der Waals surface area (Å²) in [4.78, 5) is 22.6. The van der Waals surface area contributed by atoms with Crippen LogP contribution in [0.25, 0.3) is 0 Å². The number of hydrogen-bond donors (Lipinski definition) is 1. The maximum atomic E-state index is 11.6. The molecule has 0 spiro atoms. The van der Waals surface area contributed by atoms with Gasteiger partial charge < -0.3 is 0 Å². The monoisotopic (exact) mass is 249 g/mol. The lowest BCUT2D eigenvalue weighted by Gasteiger charge is -2.21. The molecular weight excluding hydrogens is 226 g/mol. The van der Waals surface area contributed by atoms with E-state index in [9.17, 15) is 9.59 Å². The molecular formula is C15H23NO2.